The molecule has 0 fully saturated rings. The zero-order chi connectivity index (χ0) is 18.9. The van der Waals surface area contributed by atoms with Gasteiger partial charge in [0.15, 0.2) is 0 Å². The van der Waals surface area contributed by atoms with Crippen LogP contribution in [-0.4, -0.2) is 34.3 Å². The van der Waals surface area contributed by atoms with E-state index in [4.69, 9.17) is 9.47 Å². The Labute approximate surface area is 153 Å². The van der Waals surface area contributed by atoms with Crippen LogP contribution in [-0.2, 0) is 15.7 Å². The van der Waals surface area contributed by atoms with Crippen LogP contribution < -0.4 is 14.8 Å². The minimum absolute atomic E-state index is 0.0904. The zero-order valence-corrected chi connectivity index (χ0v) is 16.6. The molecule has 25 heavy (non-hydrogen) atoms. The van der Waals surface area contributed by atoms with E-state index in [0.717, 1.165) is 18.5 Å². The van der Waals surface area contributed by atoms with Gasteiger partial charge in [0, 0.05) is 11.8 Å². The van der Waals surface area contributed by atoms with Gasteiger partial charge < -0.3 is 19.5 Å². The molecule has 1 aromatic carbocycles. The van der Waals surface area contributed by atoms with E-state index in [2.05, 4.69) is 17.0 Å². The normalized spacial score (nSPS) is 13.6. The van der Waals surface area contributed by atoms with E-state index in [-0.39, 0.29) is 5.25 Å². The summed E-state index contributed by atoms with van der Waals surface area (Å²) < 4.78 is 25.9. The predicted octanol–water partition coefficient (Wildman–Crippen LogP) is 3.85. The molecule has 1 amide bonds. The summed E-state index contributed by atoms with van der Waals surface area (Å²) in [6, 6.07) is 7.30. The van der Waals surface area contributed by atoms with Crippen molar-refractivity contribution in [2.24, 2.45) is 0 Å². The summed E-state index contributed by atoms with van der Waals surface area (Å²) in [6.07, 6.45) is 1.45. The molecule has 0 aliphatic heterocycles. The number of benzene rings is 1. The van der Waals surface area contributed by atoms with Crippen LogP contribution in [0.4, 0.5) is 10.5 Å². The Hall–Kier alpha value is -1.76. The number of rotatable bonds is 9. The van der Waals surface area contributed by atoms with E-state index in [1.165, 1.54) is 0 Å². The van der Waals surface area contributed by atoms with Crippen LogP contribution in [0.3, 0.4) is 0 Å². The minimum atomic E-state index is -1.13. The minimum Gasteiger partial charge on any atom is -0.492 e. The molecule has 0 aromatic heterocycles. The number of anilines is 1. The third-order valence-electron chi connectivity index (χ3n) is 3.15. The Bertz CT molecular complexity index is 572. The molecule has 0 spiro atoms. The first-order valence-corrected chi connectivity index (χ1v) is 9.79. The standard InChI is InChI=1S/C18H30N2O4S/c1-6-8-14(2)25(22)20-15-9-7-10-16(13-15)23-12-11-19-17(21)24-18(3,4)5/h7,9-10,13-14,20H,6,8,11-12H2,1-5H3,(H,19,21). The van der Waals surface area contributed by atoms with Gasteiger partial charge in [-0.2, -0.15) is 0 Å². The fraction of sp³-hybridized carbons (Fsp3) is 0.611. The summed E-state index contributed by atoms with van der Waals surface area (Å²) in [5.74, 6) is 0.649. The Balaban J connectivity index is 2.40. The number of hydrogen-bond acceptors (Lipinski definition) is 4. The predicted molar refractivity (Wildman–Crippen MR) is 102 cm³/mol. The lowest BCUT2D eigenvalue weighted by Crippen LogP contribution is -2.34. The number of alkyl carbamates (subject to hydrolysis) is 1. The first kappa shape index (κ1) is 21.3. The van der Waals surface area contributed by atoms with Crippen molar-refractivity contribution in [3.8, 4) is 5.75 Å². The highest BCUT2D eigenvalue weighted by Crippen LogP contribution is 2.19. The van der Waals surface area contributed by atoms with Crippen molar-refractivity contribution in [1.29, 1.82) is 0 Å². The zero-order valence-electron chi connectivity index (χ0n) is 15.8. The van der Waals surface area contributed by atoms with Crippen LogP contribution in [0.25, 0.3) is 0 Å². The first-order valence-electron chi connectivity index (χ1n) is 8.58. The number of carbonyl (C=O) groups excluding carboxylic acids is 1. The fourth-order valence-electron chi connectivity index (χ4n) is 2.02. The van der Waals surface area contributed by atoms with E-state index in [1.807, 2.05) is 45.9 Å². The Kier molecular flexibility index (Phi) is 8.75. The van der Waals surface area contributed by atoms with Gasteiger partial charge in [0.25, 0.3) is 0 Å². The van der Waals surface area contributed by atoms with Crippen molar-refractivity contribution >= 4 is 22.8 Å². The fourth-order valence-corrected chi connectivity index (χ4v) is 3.03. The molecule has 6 nitrogen and oxygen atoms in total. The van der Waals surface area contributed by atoms with Crippen LogP contribution >= 0.6 is 0 Å². The summed E-state index contributed by atoms with van der Waals surface area (Å²) in [6.45, 7) is 10.1. The second kappa shape index (κ2) is 10.3. The molecule has 142 valence electrons. The molecule has 0 radical (unpaired) electrons. The van der Waals surface area contributed by atoms with Gasteiger partial charge >= 0.3 is 6.09 Å². The van der Waals surface area contributed by atoms with E-state index < -0.39 is 22.7 Å². The third-order valence-corrected chi connectivity index (χ3v) is 4.56. The maximum absolute atomic E-state index is 12.2. The van der Waals surface area contributed by atoms with Gasteiger partial charge in [-0.15, -0.1) is 0 Å². The molecule has 0 saturated heterocycles. The Morgan fingerprint density at radius 3 is 2.68 bits per heavy atom. The summed E-state index contributed by atoms with van der Waals surface area (Å²) in [7, 11) is -1.13. The van der Waals surface area contributed by atoms with E-state index >= 15 is 0 Å². The monoisotopic (exact) mass is 370 g/mol. The maximum atomic E-state index is 12.2. The molecule has 2 N–H and O–H groups in total. The van der Waals surface area contributed by atoms with Crippen molar-refractivity contribution in [3.05, 3.63) is 24.3 Å². The average molecular weight is 371 g/mol. The van der Waals surface area contributed by atoms with E-state index in [0.29, 0.717) is 18.9 Å². The molecule has 0 aliphatic carbocycles. The topological polar surface area (TPSA) is 76.7 Å². The molecule has 0 aliphatic rings. The van der Waals surface area contributed by atoms with Gasteiger partial charge in [-0.3, -0.25) is 0 Å². The molecule has 0 saturated carbocycles. The highest BCUT2D eigenvalue weighted by molar-refractivity contribution is 7.87. The Morgan fingerprint density at radius 2 is 2.04 bits per heavy atom. The molecule has 2 unspecified atom stereocenters. The summed E-state index contributed by atoms with van der Waals surface area (Å²) in [5.41, 5.74) is 0.231. The molecule has 1 aromatic rings. The van der Waals surface area contributed by atoms with E-state index in [1.54, 1.807) is 6.07 Å². The van der Waals surface area contributed by atoms with Gasteiger partial charge in [0.1, 0.15) is 28.9 Å². The molecule has 0 heterocycles. The maximum Gasteiger partial charge on any atom is 0.407 e. The number of amides is 1. The summed E-state index contributed by atoms with van der Waals surface area (Å²) in [5, 5.41) is 2.73. The van der Waals surface area contributed by atoms with Crippen LogP contribution in [0.1, 0.15) is 47.5 Å². The lowest BCUT2D eigenvalue weighted by atomic mass is 10.2. The molecule has 2 atom stereocenters. The second-order valence-electron chi connectivity index (χ2n) is 6.80. The molecule has 7 heteroatoms. The van der Waals surface area contributed by atoms with Gasteiger partial charge in [-0.1, -0.05) is 19.4 Å². The van der Waals surface area contributed by atoms with Crippen molar-refractivity contribution in [2.75, 3.05) is 17.9 Å². The lowest BCUT2D eigenvalue weighted by Gasteiger charge is -2.19. The van der Waals surface area contributed by atoms with Crippen LogP contribution in [0, 0.1) is 0 Å². The first-order chi connectivity index (χ1) is 11.7. The van der Waals surface area contributed by atoms with Crippen LogP contribution in [0.2, 0.25) is 0 Å². The van der Waals surface area contributed by atoms with Gasteiger partial charge in [0.05, 0.1) is 11.8 Å². The number of hydrogen-bond donors (Lipinski definition) is 2. The van der Waals surface area contributed by atoms with Crippen LogP contribution in [0.15, 0.2) is 24.3 Å². The molecule has 0 bridgehead atoms. The number of ether oxygens (including phenoxy) is 2. The quantitative estimate of drug-likeness (QED) is 0.647. The highest BCUT2D eigenvalue weighted by atomic mass is 32.2. The smallest absolute Gasteiger partial charge is 0.407 e. The molecular formula is C18H30N2O4S. The SMILES string of the molecule is CCCC(C)S(=O)Nc1cccc(OCCNC(=O)OC(C)(C)C)c1. The van der Waals surface area contributed by atoms with Crippen molar-refractivity contribution in [1.82, 2.24) is 5.32 Å². The third kappa shape index (κ3) is 9.34. The number of nitrogens with one attached hydrogen (secondary N) is 2. The van der Waals surface area contributed by atoms with Crippen molar-refractivity contribution in [2.45, 2.75) is 58.3 Å². The summed E-state index contributed by atoms with van der Waals surface area (Å²) >= 11 is 0. The van der Waals surface area contributed by atoms with E-state index in [9.17, 15) is 9.00 Å². The van der Waals surface area contributed by atoms with Gasteiger partial charge in [-0.25, -0.2) is 9.00 Å². The van der Waals surface area contributed by atoms with Gasteiger partial charge in [0.2, 0.25) is 0 Å². The van der Waals surface area contributed by atoms with Crippen molar-refractivity contribution < 1.29 is 18.5 Å². The van der Waals surface area contributed by atoms with Crippen molar-refractivity contribution in [3.63, 3.8) is 0 Å². The summed E-state index contributed by atoms with van der Waals surface area (Å²) in [4.78, 5) is 11.5. The van der Waals surface area contributed by atoms with Crippen LogP contribution in [0.5, 0.6) is 5.75 Å². The highest BCUT2D eigenvalue weighted by Gasteiger charge is 2.15. The second-order valence-corrected chi connectivity index (χ2v) is 8.41. The van der Waals surface area contributed by atoms with Gasteiger partial charge in [-0.05, 0) is 46.2 Å². The lowest BCUT2D eigenvalue weighted by molar-refractivity contribution is 0.0520. The number of carbonyl (C=O) groups is 1. The average Bonchev–Trinajstić information content (AvgIpc) is 2.50. The largest absolute Gasteiger partial charge is 0.492 e. The molecule has 1 rings (SSSR count). The molecular weight excluding hydrogens is 340 g/mol. The Morgan fingerprint density at radius 1 is 1.32 bits per heavy atom.